The van der Waals surface area contributed by atoms with Gasteiger partial charge in [0, 0.05) is 24.8 Å². The first-order valence-electron chi connectivity index (χ1n) is 8.79. The summed E-state index contributed by atoms with van der Waals surface area (Å²) in [5, 5.41) is 3.10. The van der Waals surface area contributed by atoms with Crippen LogP contribution in [0.15, 0.2) is 60.9 Å². The van der Waals surface area contributed by atoms with Crippen molar-refractivity contribution in [2.24, 2.45) is 0 Å². The van der Waals surface area contributed by atoms with Gasteiger partial charge in [-0.15, -0.1) is 0 Å². The van der Waals surface area contributed by atoms with Crippen molar-refractivity contribution in [1.29, 1.82) is 0 Å². The lowest BCUT2D eigenvalue weighted by Gasteiger charge is -2.27. The molecule has 1 atom stereocenters. The highest BCUT2D eigenvalue weighted by Crippen LogP contribution is 2.24. The minimum atomic E-state index is 0.0306. The Hall–Kier alpha value is -2.82. The van der Waals surface area contributed by atoms with Crippen LogP contribution in [0.3, 0.4) is 0 Å². The molecule has 0 bridgehead atoms. The van der Waals surface area contributed by atoms with E-state index in [1.807, 2.05) is 34.9 Å². The highest BCUT2D eigenvalue weighted by molar-refractivity contribution is 5.80. The second-order valence-corrected chi connectivity index (χ2v) is 6.49. The second-order valence-electron chi connectivity index (χ2n) is 6.49. The second kappa shape index (κ2) is 6.97. The quantitative estimate of drug-likeness (QED) is 0.780. The Morgan fingerprint density at radius 3 is 2.80 bits per heavy atom. The van der Waals surface area contributed by atoms with Crippen LogP contribution in [0.25, 0.3) is 11.0 Å². The number of aromatic nitrogens is 2. The summed E-state index contributed by atoms with van der Waals surface area (Å²) in [6, 6.07) is 18.7. The van der Waals surface area contributed by atoms with Gasteiger partial charge in [0.2, 0.25) is 5.91 Å². The van der Waals surface area contributed by atoms with Gasteiger partial charge in [0.1, 0.15) is 6.54 Å². The topological polar surface area (TPSA) is 50.2 Å². The van der Waals surface area contributed by atoms with E-state index in [9.17, 15) is 4.79 Å². The molecule has 1 fully saturated rings. The van der Waals surface area contributed by atoms with E-state index in [2.05, 4.69) is 39.5 Å². The predicted octanol–water partition coefficient (Wildman–Crippen LogP) is 2.82. The SMILES string of the molecule is O=C(Cn1cnc2ccccc21)NC[C@H]1CCCN1c1ccccc1. The minimum Gasteiger partial charge on any atom is -0.367 e. The zero-order valence-electron chi connectivity index (χ0n) is 14.1. The van der Waals surface area contributed by atoms with Crippen molar-refractivity contribution in [3.05, 3.63) is 60.9 Å². The summed E-state index contributed by atoms with van der Waals surface area (Å²) in [5.41, 5.74) is 3.14. The van der Waals surface area contributed by atoms with Crippen LogP contribution in [0.2, 0.25) is 0 Å². The summed E-state index contributed by atoms with van der Waals surface area (Å²) in [7, 11) is 0. The minimum absolute atomic E-state index is 0.0306. The van der Waals surface area contributed by atoms with Crippen molar-refractivity contribution >= 4 is 22.6 Å². The molecule has 0 radical (unpaired) electrons. The van der Waals surface area contributed by atoms with Crippen LogP contribution in [0.1, 0.15) is 12.8 Å². The van der Waals surface area contributed by atoms with Crippen LogP contribution in [-0.2, 0) is 11.3 Å². The van der Waals surface area contributed by atoms with E-state index >= 15 is 0 Å². The predicted molar refractivity (Wildman–Crippen MR) is 99.6 cm³/mol. The maximum Gasteiger partial charge on any atom is 0.240 e. The number of hydrogen-bond donors (Lipinski definition) is 1. The van der Waals surface area contributed by atoms with E-state index in [1.165, 1.54) is 12.1 Å². The molecule has 1 aliphatic heterocycles. The van der Waals surface area contributed by atoms with Crippen molar-refractivity contribution < 1.29 is 4.79 Å². The fraction of sp³-hybridized carbons (Fsp3) is 0.300. The van der Waals surface area contributed by atoms with Crippen LogP contribution < -0.4 is 10.2 Å². The van der Waals surface area contributed by atoms with Gasteiger partial charge in [-0.05, 0) is 37.1 Å². The molecule has 3 aromatic rings. The number of para-hydroxylation sites is 3. The molecule has 25 heavy (non-hydrogen) atoms. The first kappa shape index (κ1) is 15.7. The van der Waals surface area contributed by atoms with Crippen molar-refractivity contribution in [2.45, 2.75) is 25.4 Å². The summed E-state index contributed by atoms with van der Waals surface area (Å²) in [6.07, 6.45) is 4.01. The third-order valence-electron chi connectivity index (χ3n) is 4.84. The van der Waals surface area contributed by atoms with E-state index in [4.69, 9.17) is 0 Å². The van der Waals surface area contributed by atoms with Crippen LogP contribution >= 0.6 is 0 Å². The average Bonchev–Trinajstić information content (AvgIpc) is 3.28. The molecule has 0 unspecified atom stereocenters. The third kappa shape index (κ3) is 3.36. The Balaban J connectivity index is 1.37. The largest absolute Gasteiger partial charge is 0.367 e. The van der Waals surface area contributed by atoms with Gasteiger partial charge >= 0.3 is 0 Å². The molecule has 1 saturated heterocycles. The van der Waals surface area contributed by atoms with Gasteiger partial charge in [-0.25, -0.2) is 4.98 Å². The van der Waals surface area contributed by atoms with Gasteiger partial charge in [0.25, 0.3) is 0 Å². The Bertz CT molecular complexity index is 858. The fourth-order valence-electron chi connectivity index (χ4n) is 3.59. The standard InChI is InChI=1S/C20H22N4O/c25-20(14-23-15-22-18-10-4-5-11-19(18)23)21-13-17-9-6-12-24(17)16-7-2-1-3-8-16/h1-5,7-8,10-11,15,17H,6,9,12-14H2,(H,21,25)/t17-/m1/s1. The normalized spacial score (nSPS) is 17.1. The summed E-state index contributed by atoms with van der Waals surface area (Å²) < 4.78 is 1.90. The van der Waals surface area contributed by atoms with Crippen LogP contribution in [-0.4, -0.2) is 34.6 Å². The molecular formula is C20H22N4O. The van der Waals surface area contributed by atoms with Crippen LogP contribution in [0, 0.1) is 0 Å². The number of rotatable bonds is 5. The highest BCUT2D eigenvalue weighted by atomic mass is 16.1. The van der Waals surface area contributed by atoms with Gasteiger partial charge < -0.3 is 14.8 Å². The molecule has 1 aromatic heterocycles. The molecule has 0 aliphatic carbocycles. The van der Waals surface area contributed by atoms with Gasteiger partial charge in [0.15, 0.2) is 0 Å². The van der Waals surface area contributed by atoms with Gasteiger partial charge in [-0.3, -0.25) is 4.79 Å². The number of nitrogens with zero attached hydrogens (tertiary/aromatic N) is 3. The molecule has 2 heterocycles. The maximum atomic E-state index is 12.4. The molecule has 4 rings (SSSR count). The summed E-state index contributed by atoms with van der Waals surface area (Å²) in [4.78, 5) is 19.1. The highest BCUT2D eigenvalue weighted by Gasteiger charge is 2.24. The molecule has 1 amide bonds. The number of carbonyl (C=O) groups excluding carboxylic acids is 1. The monoisotopic (exact) mass is 334 g/mol. The number of carbonyl (C=O) groups is 1. The van der Waals surface area contributed by atoms with Gasteiger partial charge in [0.05, 0.1) is 17.4 Å². The fourth-order valence-corrected chi connectivity index (χ4v) is 3.59. The Morgan fingerprint density at radius 1 is 1.12 bits per heavy atom. The number of amides is 1. The van der Waals surface area contributed by atoms with Crippen molar-refractivity contribution in [1.82, 2.24) is 14.9 Å². The Labute approximate surface area is 147 Å². The van der Waals surface area contributed by atoms with E-state index in [1.54, 1.807) is 6.33 Å². The number of hydrogen-bond acceptors (Lipinski definition) is 3. The zero-order valence-corrected chi connectivity index (χ0v) is 14.1. The Morgan fingerprint density at radius 2 is 1.92 bits per heavy atom. The lowest BCUT2D eigenvalue weighted by molar-refractivity contribution is -0.121. The van der Waals surface area contributed by atoms with E-state index in [0.29, 0.717) is 19.1 Å². The molecule has 128 valence electrons. The van der Waals surface area contributed by atoms with E-state index in [0.717, 1.165) is 24.0 Å². The lowest BCUT2D eigenvalue weighted by Crippen LogP contribution is -2.41. The number of nitrogens with one attached hydrogen (secondary N) is 1. The molecular weight excluding hydrogens is 312 g/mol. The number of imidazole rings is 1. The number of fused-ring (bicyclic) bond motifs is 1. The number of anilines is 1. The van der Waals surface area contributed by atoms with E-state index < -0.39 is 0 Å². The molecule has 0 spiro atoms. The van der Waals surface area contributed by atoms with Crippen LogP contribution in [0.4, 0.5) is 5.69 Å². The maximum absolute atomic E-state index is 12.4. The summed E-state index contributed by atoms with van der Waals surface area (Å²) in [5.74, 6) is 0.0306. The van der Waals surface area contributed by atoms with Crippen molar-refractivity contribution in [2.75, 3.05) is 18.0 Å². The zero-order chi connectivity index (χ0) is 17.1. The van der Waals surface area contributed by atoms with E-state index in [-0.39, 0.29) is 5.91 Å². The summed E-state index contributed by atoms with van der Waals surface area (Å²) >= 11 is 0. The molecule has 0 saturated carbocycles. The smallest absolute Gasteiger partial charge is 0.240 e. The molecule has 1 N–H and O–H groups in total. The molecule has 2 aromatic carbocycles. The van der Waals surface area contributed by atoms with Crippen molar-refractivity contribution in [3.8, 4) is 0 Å². The summed E-state index contributed by atoms with van der Waals surface area (Å²) in [6.45, 7) is 2.04. The molecule has 1 aliphatic rings. The Kier molecular flexibility index (Phi) is 4.37. The number of benzene rings is 2. The first-order chi connectivity index (χ1) is 12.3. The molecule has 5 heteroatoms. The first-order valence-corrected chi connectivity index (χ1v) is 8.79. The van der Waals surface area contributed by atoms with Crippen LogP contribution in [0.5, 0.6) is 0 Å². The molecule has 5 nitrogen and oxygen atoms in total. The van der Waals surface area contributed by atoms with Crippen molar-refractivity contribution in [3.63, 3.8) is 0 Å². The van der Waals surface area contributed by atoms with Gasteiger partial charge in [-0.2, -0.15) is 0 Å². The van der Waals surface area contributed by atoms with Gasteiger partial charge in [-0.1, -0.05) is 30.3 Å². The lowest BCUT2D eigenvalue weighted by atomic mass is 10.2. The average molecular weight is 334 g/mol. The third-order valence-corrected chi connectivity index (χ3v) is 4.84.